The fraction of sp³-hybridized carbons (Fsp3) is 0.458. The summed E-state index contributed by atoms with van der Waals surface area (Å²) < 4.78 is 10.8. The maximum atomic E-state index is 12.6. The predicted octanol–water partition coefficient (Wildman–Crippen LogP) is 4.29. The largest absolute Gasteiger partial charge is 0.468 e. The first-order chi connectivity index (χ1) is 15.7. The first-order valence-electron chi connectivity index (χ1n) is 11.2. The number of nitrogens with one attached hydrogen (secondary N) is 1. The topological polar surface area (TPSA) is 84.4 Å². The summed E-state index contributed by atoms with van der Waals surface area (Å²) in [6.07, 6.45) is 4.58. The maximum Gasteiger partial charge on any atom is 0.241 e. The van der Waals surface area contributed by atoms with Gasteiger partial charge in [0.15, 0.2) is 0 Å². The normalized spacial score (nSPS) is 16.8. The molecule has 170 valence electrons. The molecule has 1 amide bonds. The van der Waals surface area contributed by atoms with E-state index in [1.54, 1.807) is 6.26 Å². The minimum Gasteiger partial charge on any atom is -0.468 e. The van der Waals surface area contributed by atoms with Crippen LogP contribution in [0.2, 0.25) is 0 Å². The zero-order valence-corrected chi connectivity index (χ0v) is 19.3. The number of amides is 1. The van der Waals surface area contributed by atoms with Crippen molar-refractivity contribution in [2.45, 2.75) is 38.5 Å². The smallest absolute Gasteiger partial charge is 0.241 e. The third-order valence-electron chi connectivity index (χ3n) is 5.68. The number of benzene rings is 1. The van der Waals surface area contributed by atoms with E-state index in [0.717, 1.165) is 60.7 Å². The van der Waals surface area contributed by atoms with Crippen LogP contribution in [0.4, 0.5) is 0 Å². The van der Waals surface area contributed by atoms with E-state index in [9.17, 15) is 4.79 Å². The number of furan rings is 1. The molecule has 7 nitrogen and oxygen atoms in total. The van der Waals surface area contributed by atoms with Crippen LogP contribution in [-0.4, -0.2) is 46.3 Å². The number of carbonyl (C=O) groups is 1. The second kappa shape index (κ2) is 11.3. The maximum absolute atomic E-state index is 12.6. The van der Waals surface area contributed by atoms with Crippen LogP contribution < -0.4 is 5.32 Å². The van der Waals surface area contributed by atoms with E-state index in [4.69, 9.17) is 8.94 Å². The number of aromatic nitrogens is 2. The lowest BCUT2D eigenvalue weighted by Gasteiger charge is -2.30. The molecule has 3 heterocycles. The lowest BCUT2D eigenvalue weighted by Crippen LogP contribution is -2.43. The van der Waals surface area contributed by atoms with Crippen LogP contribution >= 0.6 is 11.8 Å². The molecule has 0 radical (unpaired) electrons. The van der Waals surface area contributed by atoms with Crippen molar-refractivity contribution in [1.29, 1.82) is 0 Å². The number of aryl methyl sites for hydroxylation is 1. The highest BCUT2D eigenvalue weighted by molar-refractivity contribution is 7.98. The van der Waals surface area contributed by atoms with Gasteiger partial charge in [-0.3, -0.25) is 9.69 Å². The third-order valence-corrected chi connectivity index (χ3v) is 6.74. The average molecular weight is 455 g/mol. The molecule has 0 aliphatic carbocycles. The summed E-state index contributed by atoms with van der Waals surface area (Å²) >= 11 is 1.82. The van der Waals surface area contributed by atoms with Crippen LogP contribution in [0.15, 0.2) is 51.6 Å². The summed E-state index contributed by atoms with van der Waals surface area (Å²) in [4.78, 5) is 19.4. The average Bonchev–Trinajstić information content (AvgIpc) is 3.49. The number of carbonyl (C=O) groups excluding carboxylic acids is 1. The molecule has 0 saturated carbocycles. The van der Waals surface area contributed by atoms with E-state index in [2.05, 4.69) is 20.4 Å². The standard InChI is InChI=1S/C24H30N4O3S/c1-18-7-2-3-10-21(18)23-26-22(31-27-23)16-28-12-4-8-19(15-28)24(29)25-11-6-14-32-17-20-9-5-13-30-20/h2-3,5,7,9-10,13,19H,4,6,8,11-12,14-17H2,1H3,(H,25,29). The lowest BCUT2D eigenvalue weighted by molar-refractivity contribution is -0.126. The number of thioether (sulfide) groups is 1. The Bertz CT molecular complexity index is 989. The Morgan fingerprint density at radius 3 is 3.03 bits per heavy atom. The van der Waals surface area contributed by atoms with Crippen LogP contribution in [-0.2, 0) is 17.1 Å². The van der Waals surface area contributed by atoms with Gasteiger partial charge in [-0.05, 0) is 56.2 Å². The van der Waals surface area contributed by atoms with E-state index in [0.29, 0.717) is 24.8 Å². The Kier molecular flexibility index (Phi) is 8.01. The molecule has 3 aromatic rings. The van der Waals surface area contributed by atoms with Gasteiger partial charge in [0, 0.05) is 18.7 Å². The molecule has 8 heteroatoms. The number of hydrogen-bond donors (Lipinski definition) is 1. The van der Waals surface area contributed by atoms with Crippen LogP contribution in [0.3, 0.4) is 0 Å². The minimum atomic E-state index is 0.0123. The SMILES string of the molecule is Cc1ccccc1-c1noc(CN2CCCC(C(=O)NCCCSCc3ccco3)C2)n1. The van der Waals surface area contributed by atoms with E-state index in [-0.39, 0.29) is 11.8 Å². The Hall–Kier alpha value is -2.58. The number of rotatable bonds is 10. The van der Waals surface area contributed by atoms with Crippen molar-refractivity contribution in [1.82, 2.24) is 20.4 Å². The lowest BCUT2D eigenvalue weighted by atomic mass is 9.97. The van der Waals surface area contributed by atoms with E-state index in [1.807, 2.05) is 55.1 Å². The molecule has 0 bridgehead atoms. The highest BCUT2D eigenvalue weighted by Crippen LogP contribution is 2.22. The third kappa shape index (κ3) is 6.23. The second-order valence-electron chi connectivity index (χ2n) is 8.18. The highest BCUT2D eigenvalue weighted by atomic mass is 32.2. The Balaban J connectivity index is 1.19. The van der Waals surface area contributed by atoms with Gasteiger partial charge in [-0.2, -0.15) is 16.7 Å². The van der Waals surface area contributed by atoms with Crippen LogP contribution in [0.25, 0.3) is 11.4 Å². The van der Waals surface area contributed by atoms with Crippen molar-refractivity contribution in [3.8, 4) is 11.4 Å². The fourth-order valence-corrected chi connectivity index (χ4v) is 4.81. The van der Waals surface area contributed by atoms with Gasteiger partial charge in [-0.1, -0.05) is 29.4 Å². The van der Waals surface area contributed by atoms with Crippen molar-refractivity contribution < 1.29 is 13.7 Å². The van der Waals surface area contributed by atoms with Crippen molar-refractivity contribution in [3.63, 3.8) is 0 Å². The first kappa shape index (κ1) is 22.6. The summed E-state index contributed by atoms with van der Waals surface area (Å²) in [5.41, 5.74) is 2.11. The van der Waals surface area contributed by atoms with Crippen molar-refractivity contribution >= 4 is 17.7 Å². The number of hydrogen-bond acceptors (Lipinski definition) is 7. The number of nitrogens with zero attached hydrogens (tertiary/aromatic N) is 3. The summed E-state index contributed by atoms with van der Waals surface area (Å²) in [5, 5.41) is 7.26. The number of piperidine rings is 1. The van der Waals surface area contributed by atoms with E-state index < -0.39 is 0 Å². The molecule has 1 unspecified atom stereocenters. The van der Waals surface area contributed by atoms with Crippen molar-refractivity contribution in [2.75, 3.05) is 25.4 Å². The fourth-order valence-electron chi connectivity index (χ4n) is 3.95. The van der Waals surface area contributed by atoms with Gasteiger partial charge in [0.2, 0.25) is 17.6 Å². The molecule has 32 heavy (non-hydrogen) atoms. The van der Waals surface area contributed by atoms with Crippen LogP contribution in [0.5, 0.6) is 0 Å². The van der Waals surface area contributed by atoms with E-state index >= 15 is 0 Å². The van der Waals surface area contributed by atoms with Gasteiger partial charge in [0.1, 0.15) is 5.76 Å². The molecule has 1 saturated heterocycles. The quantitative estimate of drug-likeness (QED) is 0.458. The molecular formula is C24H30N4O3S. The van der Waals surface area contributed by atoms with Gasteiger partial charge in [-0.25, -0.2) is 0 Å². The zero-order chi connectivity index (χ0) is 22.2. The van der Waals surface area contributed by atoms with Crippen molar-refractivity contribution in [3.05, 3.63) is 59.9 Å². The molecule has 2 aromatic heterocycles. The first-order valence-corrected chi connectivity index (χ1v) is 12.3. The Morgan fingerprint density at radius 1 is 1.28 bits per heavy atom. The summed E-state index contributed by atoms with van der Waals surface area (Å²) in [6.45, 7) is 4.99. The zero-order valence-electron chi connectivity index (χ0n) is 18.5. The molecule has 4 rings (SSSR count). The van der Waals surface area contributed by atoms with E-state index in [1.165, 1.54) is 0 Å². The molecule has 0 spiro atoms. The van der Waals surface area contributed by atoms with Crippen LogP contribution in [0, 0.1) is 12.8 Å². The monoisotopic (exact) mass is 454 g/mol. The molecule has 1 atom stereocenters. The Morgan fingerprint density at radius 2 is 2.19 bits per heavy atom. The second-order valence-corrected chi connectivity index (χ2v) is 9.28. The molecule has 1 aromatic carbocycles. The molecule has 1 aliphatic rings. The molecule has 1 aliphatic heterocycles. The Labute approximate surface area is 192 Å². The van der Waals surface area contributed by atoms with Gasteiger partial charge in [-0.15, -0.1) is 0 Å². The minimum absolute atomic E-state index is 0.0123. The number of likely N-dealkylation sites (tertiary alicyclic amines) is 1. The summed E-state index contributed by atoms with van der Waals surface area (Å²) in [7, 11) is 0. The van der Waals surface area contributed by atoms with Crippen molar-refractivity contribution in [2.24, 2.45) is 5.92 Å². The molecule has 1 N–H and O–H groups in total. The van der Waals surface area contributed by atoms with Gasteiger partial charge < -0.3 is 14.3 Å². The molecular weight excluding hydrogens is 424 g/mol. The van der Waals surface area contributed by atoms with Crippen LogP contribution in [0.1, 0.15) is 36.5 Å². The van der Waals surface area contributed by atoms with Gasteiger partial charge in [0.25, 0.3) is 0 Å². The van der Waals surface area contributed by atoms with Gasteiger partial charge in [0.05, 0.1) is 24.5 Å². The molecule has 1 fully saturated rings. The predicted molar refractivity (Wildman–Crippen MR) is 125 cm³/mol. The van der Waals surface area contributed by atoms with Gasteiger partial charge >= 0.3 is 0 Å². The summed E-state index contributed by atoms with van der Waals surface area (Å²) in [5.74, 6) is 4.24. The summed E-state index contributed by atoms with van der Waals surface area (Å²) in [6, 6.07) is 11.9. The highest BCUT2D eigenvalue weighted by Gasteiger charge is 2.26.